The zero-order valence-electron chi connectivity index (χ0n) is 6.81. The summed E-state index contributed by atoms with van der Waals surface area (Å²) >= 11 is 0. The van der Waals surface area contributed by atoms with Gasteiger partial charge in [-0.25, -0.2) is 5.11 Å². The molecule has 0 aromatic heterocycles. The van der Waals surface area contributed by atoms with E-state index in [-0.39, 0.29) is 6.04 Å². The van der Waals surface area contributed by atoms with Crippen LogP contribution in [0.25, 0.3) is 0 Å². The van der Waals surface area contributed by atoms with E-state index < -0.39 is 5.60 Å². The summed E-state index contributed by atoms with van der Waals surface area (Å²) in [5.74, 6) is 0. The molecule has 1 aliphatic heterocycles. The van der Waals surface area contributed by atoms with Crippen molar-refractivity contribution >= 4 is 0 Å². The Morgan fingerprint density at radius 3 is 2.40 bits per heavy atom. The summed E-state index contributed by atoms with van der Waals surface area (Å²) in [6.07, 6.45) is 3.49. The summed E-state index contributed by atoms with van der Waals surface area (Å²) in [6.45, 7) is 4.54. The minimum Gasteiger partial charge on any atom is -0.311 e. The summed E-state index contributed by atoms with van der Waals surface area (Å²) in [7, 11) is 0. The van der Waals surface area contributed by atoms with Gasteiger partial charge in [-0.15, -0.1) is 0 Å². The molecule has 1 rings (SSSR count). The first kappa shape index (κ1) is 8.02. The highest BCUT2D eigenvalue weighted by molar-refractivity contribution is 4.85. The Bertz CT molecular complexity index is 100. The van der Waals surface area contributed by atoms with Crippen molar-refractivity contribution in [2.75, 3.05) is 6.54 Å². The van der Waals surface area contributed by atoms with Gasteiger partial charge in [0.2, 0.25) is 0 Å². The minimum absolute atomic E-state index is 0.196. The van der Waals surface area contributed by atoms with E-state index in [0.717, 1.165) is 13.0 Å². The predicted molar refractivity (Wildman–Crippen MR) is 40.4 cm³/mol. The lowest BCUT2D eigenvalue weighted by molar-refractivity contribution is -0.0354. The van der Waals surface area contributed by atoms with Crippen LogP contribution < -0.4 is 5.32 Å². The highest BCUT2D eigenvalue weighted by Gasteiger charge is 2.29. The molecule has 1 unspecified atom stereocenters. The van der Waals surface area contributed by atoms with Crippen LogP contribution in [0.2, 0.25) is 0 Å². The van der Waals surface area contributed by atoms with E-state index in [1.54, 1.807) is 13.8 Å². The van der Waals surface area contributed by atoms with Gasteiger partial charge in [-0.3, -0.25) is 0 Å². The summed E-state index contributed by atoms with van der Waals surface area (Å²) in [4.78, 5) is 0. The first-order chi connectivity index (χ1) is 4.61. The maximum atomic E-state index is 11.4. The highest BCUT2D eigenvalue weighted by atomic mass is 16.3. The van der Waals surface area contributed by atoms with Crippen LogP contribution in [0, 0.1) is 0 Å². The molecule has 10 heavy (non-hydrogen) atoms. The fourth-order valence-corrected chi connectivity index (χ4v) is 1.45. The molecular formula is C8H16NO. The van der Waals surface area contributed by atoms with Crippen LogP contribution in [0.5, 0.6) is 0 Å². The van der Waals surface area contributed by atoms with Crippen LogP contribution in [-0.4, -0.2) is 18.2 Å². The van der Waals surface area contributed by atoms with E-state index in [2.05, 4.69) is 5.32 Å². The molecule has 1 fully saturated rings. The lowest BCUT2D eigenvalue weighted by atomic mass is 9.91. The van der Waals surface area contributed by atoms with Gasteiger partial charge in [-0.05, 0) is 33.2 Å². The molecule has 0 spiro atoms. The Morgan fingerprint density at radius 1 is 1.40 bits per heavy atom. The molecule has 2 nitrogen and oxygen atoms in total. The molecule has 0 aromatic rings. The third-order valence-electron chi connectivity index (χ3n) is 2.15. The first-order valence-electron chi connectivity index (χ1n) is 4.04. The van der Waals surface area contributed by atoms with Gasteiger partial charge in [-0.2, -0.15) is 0 Å². The fourth-order valence-electron chi connectivity index (χ4n) is 1.45. The maximum absolute atomic E-state index is 11.4. The van der Waals surface area contributed by atoms with E-state index in [9.17, 15) is 5.11 Å². The molecule has 1 radical (unpaired) electrons. The fraction of sp³-hybridized carbons (Fsp3) is 1.00. The van der Waals surface area contributed by atoms with Gasteiger partial charge in [0.1, 0.15) is 5.60 Å². The van der Waals surface area contributed by atoms with E-state index >= 15 is 0 Å². The summed E-state index contributed by atoms with van der Waals surface area (Å²) in [6, 6.07) is 0.196. The van der Waals surface area contributed by atoms with Gasteiger partial charge in [0.05, 0.1) is 0 Å². The summed E-state index contributed by atoms with van der Waals surface area (Å²) in [5, 5.41) is 14.6. The van der Waals surface area contributed by atoms with Crippen molar-refractivity contribution < 1.29 is 5.11 Å². The molecule has 1 saturated heterocycles. The van der Waals surface area contributed by atoms with Crippen LogP contribution in [0.4, 0.5) is 0 Å². The smallest absolute Gasteiger partial charge is 0.113 e. The molecule has 0 saturated carbocycles. The molecule has 1 atom stereocenters. The second kappa shape index (κ2) is 2.89. The van der Waals surface area contributed by atoms with Gasteiger partial charge in [0, 0.05) is 6.04 Å². The molecule has 59 valence electrons. The largest absolute Gasteiger partial charge is 0.311 e. The Balaban J connectivity index is 2.39. The normalized spacial score (nSPS) is 28.5. The topological polar surface area (TPSA) is 31.9 Å². The van der Waals surface area contributed by atoms with Gasteiger partial charge < -0.3 is 5.32 Å². The van der Waals surface area contributed by atoms with E-state index in [1.165, 1.54) is 12.8 Å². The first-order valence-corrected chi connectivity index (χ1v) is 4.04. The van der Waals surface area contributed by atoms with Crippen LogP contribution in [-0.2, 0) is 5.11 Å². The van der Waals surface area contributed by atoms with Crippen molar-refractivity contribution in [3.05, 3.63) is 0 Å². The van der Waals surface area contributed by atoms with Crippen LogP contribution >= 0.6 is 0 Å². The SMILES string of the molecule is CC(C)([O])C1CCCCN1. The van der Waals surface area contributed by atoms with E-state index in [0.29, 0.717) is 0 Å². The molecule has 2 heteroatoms. The average molecular weight is 142 g/mol. The Kier molecular flexibility index (Phi) is 2.32. The number of rotatable bonds is 1. The molecule has 1 aliphatic rings. The Morgan fingerprint density at radius 2 is 2.10 bits per heavy atom. The second-order valence-electron chi connectivity index (χ2n) is 3.61. The second-order valence-corrected chi connectivity index (χ2v) is 3.61. The Hall–Kier alpha value is -0.0800. The number of hydrogen-bond donors (Lipinski definition) is 1. The van der Waals surface area contributed by atoms with Crippen molar-refractivity contribution in [2.45, 2.75) is 44.8 Å². The lowest BCUT2D eigenvalue weighted by Gasteiger charge is -2.31. The molecule has 0 amide bonds. The Labute approximate surface area is 62.6 Å². The van der Waals surface area contributed by atoms with E-state index in [4.69, 9.17) is 0 Å². The quantitative estimate of drug-likeness (QED) is 0.588. The maximum Gasteiger partial charge on any atom is 0.113 e. The number of hydrogen-bond acceptors (Lipinski definition) is 1. The van der Waals surface area contributed by atoms with Crippen LogP contribution in [0.1, 0.15) is 33.1 Å². The van der Waals surface area contributed by atoms with Crippen molar-refractivity contribution in [2.24, 2.45) is 0 Å². The summed E-state index contributed by atoms with van der Waals surface area (Å²) in [5.41, 5.74) is -0.791. The number of piperidine rings is 1. The average Bonchev–Trinajstić information content (AvgIpc) is 1.88. The van der Waals surface area contributed by atoms with Crippen molar-refractivity contribution in [3.8, 4) is 0 Å². The van der Waals surface area contributed by atoms with Gasteiger partial charge in [-0.1, -0.05) is 6.42 Å². The van der Waals surface area contributed by atoms with E-state index in [1.807, 2.05) is 0 Å². The zero-order valence-corrected chi connectivity index (χ0v) is 6.81. The standard InChI is InChI=1S/C8H16NO/c1-8(2,10)7-5-3-4-6-9-7/h7,9H,3-6H2,1-2H3. The molecule has 1 heterocycles. The van der Waals surface area contributed by atoms with Crippen LogP contribution in [0.3, 0.4) is 0 Å². The summed E-state index contributed by atoms with van der Waals surface area (Å²) < 4.78 is 0. The lowest BCUT2D eigenvalue weighted by Crippen LogP contribution is -2.48. The van der Waals surface area contributed by atoms with Crippen molar-refractivity contribution in [1.29, 1.82) is 0 Å². The molecule has 1 N–H and O–H groups in total. The molecule has 0 aromatic carbocycles. The zero-order chi connectivity index (χ0) is 7.61. The van der Waals surface area contributed by atoms with Gasteiger partial charge >= 0.3 is 0 Å². The third-order valence-corrected chi connectivity index (χ3v) is 2.15. The highest BCUT2D eigenvalue weighted by Crippen LogP contribution is 2.18. The number of nitrogens with one attached hydrogen (secondary N) is 1. The predicted octanol–water partition coefficient (Wildman–Crippen LogP) is 1.34. The van der Waals surface area contributed by atoms with Gasteiger partial charge in [0.25, 0.3) is 0 Å². The molecular weight excluding hydrogens is 126 g/mol. The monoisotopic (exact) mass is 142 g/mol. The van der Waals surface area contributed by atoms with Crippen molar-refractivity contribution in [1.82, 2.24) is 5.32 Å². The van der Waals surface area contributed by atoms with Crippen molar-refractivity contribution in [3.63, 3.8) is 0 Å². The third kappa shape index (κ3) is 1.96. The minimum atomic E-state index is -0.791. The molecule has 0 bridgehead atoms. The van der Waals surface area contributed by atoms with Gasteiger partial charge in [0.15, 0.2) is 0 Å². The molecule has 0 aliphatic carbocycles. The van der Waals surface area contributed by atoms with Crippen LogP contribution in [0.15, 0.2) is 0 Å².